The van der Waals surface area contributed by atoms with Gasteiger partial charge < -0.3 is 10.4 Å². The molecule has 1 amide bonds. The molecule has 0 saturated heterocycles. The van der Waals surface area contributed by atoms with E-state index in [9.17, 15) is 9.18 Å². The highest BCUT2D eigenvalue weighted by Crippen LogP contribution is 2.03. The van der Waals surface area contributed by atoms with Crippen molar-refractivity contribution in [3.8, 4) is 11.8 Å². The van der Waals surface area contributed by atoms with Gasteiger partial charge in [0.2, 0.25) is 0 Å². The number of pyridine rings is 1. The molecular formula is C16H13FN2O2. The van der Waals surface area contributed by atoms with E-state index in [1.165, 1.54) is 18.3 Å². The third-order valence-electron chi connectivity index (χ3n) is 2.57. The van der Waals surface area contributed by atoms with E-state index in [1.54, 1.807) is 24.3 Å². The Morgan fingerprint density at radius 1 is 1.24 bits per heavy atom. The molecule has 2 aromatic rings. The summed E-state index contributed by atoms with van der Waals surface area (Å²) in [5.41, 5.74) is 1.44. The molecule has 0 aliphatic rings. The zero-order valence-corrected chi connectivity index (χ0v) is 11.1. The second-order valence-corrected chi connectivity index (χ2v) is 4.17. The van der Waals surface area contributed by atoms with E-state index >= 15 is 0 Å². The van der Waals surface area contributed by atoms with Gasteiger partial charge in [-0.25, -0.2) is 9.37 Å². The van der Waals surface area contributed by atoms with Crippen molar-refractivity contribution in [2.45, 2.75) is 0 Å². The lowest BCUT2D eigenvalue weighted by Gasteiger charge is -2.01. The van der Waals surface area contributed by atoms with Crippen LogP contribution in [0.1, 0.15) is 21.6 Å². The van der Waals surface area contributed by atoms with Crippen molar-refractivity contribution in [3.63, 3.8) is 0 Å². The molecule has 4 nitrogen and oxygen atoms in total. The molecule has 0 saturated carbocycles. The molecule has 2 rings (SSSR count). The quantitative estimate of drug-likeness (QED) is 0.836. The van der Waals surface area contributed by atoms with Gasteiger partial charge in [0.1, 0.15) is 11.5 Å². The maximum Gasteiger partial charge on any atom is 0.269 e. The molecule has 21 heavy (non-hydrogen) atoms. The van der Waals surface area contributed by atoms with Gasteiger partial charge in [0.15, 0.2) is 0 Å². The van der Waals surface area contributed by atoms with E-state index in [2.05, 4.69) is 22.1 Å². The number of halogens is 1. The van der Waals surface area contributed by atoms with Crippen molar-refractivity contribution in [1.29, 1.82) is 0 Å². The van der Waals surface area contributed by atoms with Gasteiger partial charge in [0, 0.05) is 23.9 Å². The van der Waals surface area contributed by atoms with Gasteiger partial charge in [-0.15, -0.1) is 0 Å². The average Bonchev–Trinajstić information content (AvgIpc) is 2.51. The Morgan fingerprint density at radius 2 is 2.05 bits per heavy atom. The average molecular weight is 284 g/mol. The number of rotatable bonds is 3. The lowest BCUT2D eigenvalue weighted by atomic mass is 10.2. The van der Waals surface area contributed by atoms with Gasteiger partial charge in [0.05, 0.1) is 6.61 Å². The van der Waals surface area contributed by atoms with E-state index in [4.69, 9.17) is 5.11 Å². The van der Waals surface area contributed by atoms with Crippen LogP contribution in [0, 0.1) is 17.7 Å². The van der Waals surface area contributed by atoms with Crippen LogP contribution in [0.15, 0.2) is 42.6 Å². The highest BCUT2D eigenvalue weighted by molar-refractivity contribution is 5.92. The zero-order chi connectivity index (χ0) is 15.1. The lowest BCUT2D eigenvalue weighted by molar-refractivity contribution is 0.0940. The molecule has 0 unspecified atom stereocenters. The number of benzene rings is 1. The molecule has 1 aromatic carbocycles. The second-order valence-electron chi connectivity index (χ2n) is 4.17. The molecule has 5 heteroatoms. The van der Waals surface area contributed by atoms with Gasteiger partial charge in [-0.2, -0.15) is 0 Å². The molecule has 0 radical (unpaired) electrons. The van der Waals surface area contributed by atoms with Crippen molar-refractivity contribution in [1.82, 2.24) is 10.3 Å². The van der Waals surface area contributed by atoms with Crippen molar-refractivity contribution in [2.75, 3.05) is 13.2 Å². The molecular weight excluding hydrogens is 271 g/mol. The number of aliphatic hydroxyl groups excluding tert-OH is 1. The fourth-order valence-corrected chi connectivity index (χ4v) is 1.57. The maximum atomic E-state index is 13.0. The summed E-state index contributed by atoms with van der Waals surface area (Å²) in [5.74, 6) is 4.98. The SMILES string of the molecule is O=C(NCCO)c1ccc(C#Cc2cccc(F)c2)cn1. The Morgan fingerprint density at radius 3 is 2.71 bits per heavy atom. The summed E-state index contributed by atoms with van der Waals surface area (Å²) < 4.78 is 13.0. The molecule has 0 fully saturated rings. The largest absolute Gasteiger partial charge is 0.395 e. The smallest absolute Gasteiger partial charge is 0.269 e. The summed E-state index contributed by atoms with van der Waals surface area (Å²) >= 11 is 0. The highest BCUT2D eigenvalue weighted by atomic mass is 19.1. The first kappa shape index (κ1) is 14.7. The number of carbonyl (C=O) groups excluding carboxylic acids is 1. The Kier molecular flexibility index (Phi) is 5.02. The van der Waals surface area contributed by atoms with Crippen LogP contribution in [0.5, 0.6) is 0 Å². The molecule has 1 aromatic heterocycles. The Bertz CT molecular complexity index is 687. The van der Waals surface area contributed by atoms with Crippen molar-refractivity contribution in [3.05, 3.63) is 65.2 Å². The number of hydrogen-bond acceptors (Lipinski definition) is 3. The van der Waals surface area contributed by atoms with Crippen molar-refractivity contribution >= 4 is 5.91 Å². The number of aliphatic hydroxyl groups is 1. The number of aromatic nitrogens is 1. The summed E-state index contributed by atoms with van der Waals surface area (Å²) in [6.45, 7) is 0.0601. The molecule has 0 aliphatic heterocycles. The third kappa shape index (κ3) is 4.41. The molecule has 0 atom stereocenters. The Hall–Kier alpha value is -2.71. The normalized spacial score (nSPS) is 9.62. The second kappa shape index (κ2) is 7.17. The topological polar surface area (TPSA) is 62.2 Å². The molecule has 0 bridgehead atoms. The molecule has 1 heterocycles. The van der Waals surface area contributed by atoms with Crippen LogP contribution in [-0.2, 0) is 0 Å². The van der Waals surface area contributed by atoms with E-state index in [0.29, 0.717) is 11.1 Å². The maximum absolute atomic E-state index is 13.0. The van der Waals surface area contributed by atoms with E-state index in [0.717, 1.165) is 0 Å². The summed E-state index contributed by atoms with van der Waals surface area (Å²) in [4.78, 5) is 15.6. The first-order chi connectivity index (χ1) is 10.2. The minimum absolute atomic E-state index is 0.122. The summed E-state index contributed by atoms with van der Waals surface area (Å²) in [7, 11) is 0. The first-order valence-electron chi connectivity index (χ1n) is 6.32. The van der Waals surface area contributed by atoms with E-state index in [1.807, 2.05) is 0 Å². The van der Waals surface area contributed by atoms with Crippen LogP contribution in [0.2, 0.25) is 0 Å². The number of nitrogens with one attached hydrogen (secondary N) is 1. The lowest BCUT2D eigenvalue weighted by Crippen LogP contribution is -2.27. The van der Waals surface area contributed by atoms with E-state index < -0.39 is 0 Å². The van der Waals surface area contributed by atoms with Crippen molar-refractivity contribution < 1.29 is 14.3 Å². The number of hydrogen-bond donors (Lipinski definition) is 2. The Labute approximate surface area is 121 Å². The van der Waals surface area contributed by atoms with Gasteiger partial charge in [-0.1, -0.05) is 17.9 Å². The molecule has 106 valence electrons. The van der Waals surface area contributed by atoms with Crippen LogP contribution in [0.25, 0.3) is 0 Å². The van der Waals surface area contributed by atoms with Crippen LogP contribution < -0.4 is 5.32 Å². The fraction of sp³-hybridized carbons (Fsp3) is 0.125. The van der Waals surface area contributed by atoms with Crippen LogP contribution in [0.3, 0.4) is 0 Å². The van der Waals surface area contributed by atoms with Gasteiger partial charge >= 0.3 is 0 Å². The summed E-state index contributed by atoms with van der Waals surface area (Å²) in [5, 5.41) is 11.1. The van der Waals surface area contributed by atoms with Crippen LogP contribution in [0.4, 0.5) is 4.39 Å². The first-order valence-corrected chi connectivity index (χ1v) is 6.32. The highest BCUT2D eigenvalue weighted by Gasteiger charge is 2.05. The summed E-state index contributed by atoms with van der Waals surface area (Å²) in [6, 6.07) is 9.20. The third-order valence-corrected chi connectivity index (χ3v) is 2.57. The minimum Gasteiger partial charge on any atom is -0.395 e. The number of carbonyl (C=O) groups is 1. The fourth-order valence-electron chi connectivity index (χ4n) is 1.57. The Balaban J connectivity index is 2.08. The monoisotopic (exact) mass is 284 g/mol. The van der Waals surface area contributed by atoms with Crippen molar-refractivity contribution in [2.24, 2.45) is 0 Å². The standard InChI is InChI=1S/C16H13FN2O2/c17-14-3-1-2-12(10-14)4-5-13-6-7-15(19-11-13)16(21)18-8-9-20/h1-3,6-7,10-11,20H,8-9H2,(H,18,21). The molecule has 2 N–H and O–H groups in total. The zero-order valence-electron chi connectivity index (χ0n) is 11.1. The van der Waals surface area contributed by atoms with E-state index in [-0.39, 0.29) is 30.6 Å². The van der Waals surface area contributed by atoms with Gasteiger partial charge in [-0.3, -0.25) is 4.79 Å². The van der Waals surface area contributed by atoms with Gasteiger partial charge in [-0.05, 0) is 30.3 Å². The van der Waals surface area contributed by atoms with Crippen LogP contribution in [-0.4, -0.2) is 29.1 Å². The van der Waals surface area contributed by atoms with Crippen LogP contribution >= 0.6 is 0 Å². The number of amides is 1. The summed E-state index contributed by atoms with van der Waals surface area (Å²) in [6.07, 6.45) is 1.47. The predicted octanol–water partition coefficient (Wildman–Crippen LogP) is 1.34. The minimum atomic E-state index is -0.353. The number of nitrogens with zero attached hydrogens (tertiary/aromatic N) is 1. The predicted molar refractivity (Wildman–Crippen MR) is 76.0 cm³/mol. The van der Waals surface area contributed by atoms with Gasteiger partial charge in [0.25, 0.3) is 5.91 Å². The molecule has 0 aliphatic carbocycles. The molecule has 0 spiro atoms.